The maximum atomic E-state index is 5.08. The third kappa shape index (κ3) is 1.77. The molecule has 0 saturated heterocycles. The number of ether oxygens (including phenoxy) is 1. The quantitative estimate of drug-likeness (QED) is 0.824. The van der Waals surface area contributed by atoms with E-state index in [-0.39, 0.29) is 0 Å². The van der Waals surface area contributed by atoms with Gasteiger partial charge in [0.05, 0.1) is 16.4 Å². The Hall–Kier alpha value is -0.450. The second kappa shape index (κ2) is 3.80. The van der Waals surface area contributed by atoms with E-state index >= 15 is 0 Å². The van der Waals surface area contributed by atoms with E-state index in [0.717, 1.165) is 15.0 Å². The van der Waals surface area contributed by atoms with Gasteiger partial charge in [0.1, 0.15) is 5.75 Å². The van der Waals surface area contributed by atoms with E-state index in [0.29, 0.717) is 0 Å². The van der Waals surface area contributed by atoms with Gasteiger partial charge < -0.3 is 10.1 Å². The molecule has 0 spiro atoms. The molecule has 0 amide bonds. The second-order valence-electron chi connectivity index (χ2n) is 1.99. The fourth-order valence-electron chi connectivity index (χ4n) is 0.801. The zero-order valence-electron chi connectivity index (χ0n) is 6.44. The molecular formula is C8H9INO. The third-order valence-corrected chi connectivity index (χ3v) is 2.44. The second-order valence-corrected chi connectivity index (χ2v) is 3.07. The molecule has 3 heteroatoms. The van der Waals surface area contributed by atoms with Crippen LogP contribution in [0.3, 0.4) is 0 Å². The average Bonchev–Trinajstić information content (AvgIpc) is 2.05. The van der Waals surface area contributed by atoms with Crippen LogP contribution in [0.15, 0.2) is 12.1 Å². The molecule has 1 radical (unpaired) electrons. The van der Waals surface area contributed by atoms with E-state index in [1.807, 2.05) is 19.2 Å². The monoisotopic (exact) mass is 262 g/mol. The highest BCUT2D eigenvalue weighted by Crippen LogP contribution is 2.26. The summed E-state index contributed by atoms with van der Waals surface area (Å²) in [4.78, 5) is 0. The minimum Gasteiger partial charge on any atom is -0.495 e. The molecule has 0 aliphatic rings. The van der Waals surface area contributed by atoms with Crippen LogP contribution >= 0.6 is 22.6 Å². The normalized spacial score (nSPS) is 9.36. The van der Waals surface area contributed by atoms with Crippen molar-refractivity contribution in [2.45, 2.75) is 0 Å². The van der Waals surface area contributed by atoms with E-state index in [1.54, 1.807) is 7.11 Å². The van der Waals surface area contributed by atoms with Gasteiger partial charge in [-0.1, -0.05) is 0 Å². The summed E-state index contributed by atoms with van der Waals surface area (Å²) in [6.07, 6.45) is 0. The number of halogens is 1. The van der Waals surface area contributed by atoms with E-state index < -0.39 is 0 Å². The van der Waals surface area contributed by atoms with Gasteiger partial charge in [-0.2, -0.15) is 0 Å². The molecule has 11 heavy (non-hydrogen) atoms. The van der Waals surface area contributed by atoms with E-state index in [4.69, 9.17) is 4.74 Å². The van der Waals surface area contributed by atoms with Crippen molar-refractivity contribution >= 4 is 28.3 Å². The van der Waals surface area contributed by atoms with Gasteiger partial charge in [-0.15, -0.1) is 0 Å². The maximum Gasteiger partial charge on any atom is 0.142 e. The van der Waals surface area contributed by atoms with E-state index in [9.17, 15) is 0 Å². The fraction of sp³-hybridized carbons (Fsp3) is 0.250. The van der Waals surface area contributed by atoms with Crippen molar-refractivity contribution in [2.75, 3.05) is 19.5 Å². The van der Waals surface area contributed by atoms with Gasteiger partial charge >= 0.3 is 0 Å². The molecule has 0 bridgehead atoms. The molecular weight excluding hydrogens is 253 g/mol. The number of hydrogen-bond acceptors (Lipinski definition) is 2. The van der Waals surface area contributed by atoms with Gasteiger partial charge in [0.15, 0.2) is 0 Å². The van der Waals surface area contributed by atoms with Crippen LogP contribution in [0.1, 0.15) is 0 Å². The Kier molecular flexibility index (Phi) is 2.99. The van der Waals surface area contributed by atoms with Crippen molar-refractivity contribution in [3.05, 3.63) is 21.8 Å². The van der Waals surface area contributed by atoms with Crippen LogP contribution in [0.25, 0.3) is 0 Å². The first-order valence-corrected chi connectivity index (χ1v) is 4.29. The zero-order valence-corrected chi connectivity index (χ0v) is 8.60. The topological polar surface area (TPSA) is 21.3 Å². The summed E-state index contributed by atoms with van der Waals surface area (Å²) in [6.45, 7) is 0. The van der Waals surface area contributed by atoms with Crippen LogP contribution in [0.2, 0.25) is 0 Å². The molecule has 0 atom stereocenters. The summed E-state index contributed by atoms with van der Waals surface area (Å²) in [5.41, 5.74) is 1.07. The smallest absolute Gasteiger partial charge is 0.142 e. The molecule has 1 aromatic carbocycles. The third-order valence-electron chi connectivity index (χ3n) is 1.37. The van der Waals surface area contributed by atoms with Crippen molar-refractivity contribution in [3.63, 3.8) is 0 Å². The van der Waals surface area contributed by atoms with Crippen LogP contribution in [0.5, 0.6) is 5.75 Å². The summed E-state index contributed by atoms with van der Waals surface area (Å²) >= 11 is 2.22. The minimum absolute atomic E-state index is 0.789. The van der Waals surface area contributed by atoms with Gasteiger partial charge in [0.2, 0.25) is 0 Å². The Morgan fingerprint density at radius 1 is 1.64 bits per heavy atom. The van der Waals surface area contributed by atoms with Crippen molar-refractivity contribution in [3.8, 4) is 5.75 Å². The minimum atomic E-state index is 0.789. The predicted octanol–water partition coefficient (Wildman–Crippen LogP) is 2.14. The summed E-state index contributed by atoms with van der Waals surface area (Å²) in [5, 5.41) is 3.06. The number of hydrogen-bond donors (Lipinski definition) is 1. The van der Waals surface area contributed by atoms with Gasteiger partial charge in [-0.05, 0) is 34.7 Å². The number of methoxy groups -OCH3 is 1. The molecule has 0 aliphatic carbocycles. The fourth-order valence-corrected chi connectivity index (χ4v) is 1.63. The van der Waals surface area contributed by atoms with Crippen LogP contribution < -0.4 is 10.1 Å². The Morgan fingerprint density at radius 3 is 2.91 bits per heavy atom. The molecule has 0 heterocycles. The first-order valence-electron chi connectivity index (χ1n) is 3.21. The molecule has 0 aromatic heterocycles. The summed E-state index contributed by atoms with van der Waals surface area (Å²) in [7, 11) is 3.53. The lowest BCUT2D eigenvalue weighted by atomic mass is 10.3. The van der Waals surface area contributed by atoms with Crippen molar-refractivity contribution in [1.29, 1.82) is 0 Å². The SMILES string of the molecule is CNc1cc[c]c(OC)c1I. The van der Waals surface area contributed by atoms with Crippen molar-refractivity contribution in [1.82, 2.24) is 0 Å². The molecule has 0 unspecified atom stereocenters. The Bertz CT molecular complexity index is 228. The maximum absolute atomic E-state index is 5.08. The van der Waals surface area contributed by atoms with Gasteiger partial charge in [-0.25, -0.2) is 0 Å². The van der Waals surface area contributed by atoms with Gasteiger partial charge in [0.25, 0.3) is 0 Å². The molecule has 2 nitrogen and oxygen atoms in total. The van der Waals surface area contributed by atoms with Crippen LogP contribution in [-0.2, 0) is 0 Å². The molecule has 0 aliphatic heterocycles. The number of benzene rings is 1. The lowest BCUT2D eigenvalue weighted by Crippen LogP contribution is -1.94. The van der Waals surface area contributed by atoms with Crippen molar-refractivity contribution < 1.29 is 4.74 Å². The highest BCUT2D eigenvalue weighted by atomic mass is 127. The number of anilines is 1. The summed E-state index contributed by atoms with van der Waals surface area (Å²) in [6, 6.07) is 6.79. The Balaban J connectivity index is 3.10. The average molecular weight is 262 g/mol. The lowest BCUT2D eigenvalue weighted by Gasteiger charge is -2.06. The first-order chi connectivity index (χ1) is 5.29. The van der Waals surface area contributed by atoms with Gasteiger partial charge in [0, 0.05) is 13.1 Å². The molecule has 59 valence electrons. The summed E-state index contributed by atoms with van der Waals surface area (Å²) in [5.74, 6) is 0.789. The predicted molar refractivity (Wildman–Crippen MR) is 54.1 cm³/mol. The molecule has 1 N–H and O–H groups in total. The molecule has 0 saturated carbocycles. The Labute approximate surface area is 80.1 Å². The van der Waals surface area contributed by atoms with Crippen LogP contribution in [0, 0.1) is 9.64 Å². The first kappa shape index (κ1) is 8.64. The highest BCUT2D eigenvalue weighted by molar-refractivity contribution is 14.1. The largest absolute Gasteiger partial charge is 0.495 e. The van der Waals surface area contributed by atoms with E-state index in [2.05, 4.69) is 34.0 Å². The molecule has 0 fully saturated rings. The molecule has 1 rings (SSSR count). The van der Waals surface area contributed by atoms with E-state index in [1.165, 1.54) is 0 Å². The lowest BCUT2D eigenvalue weighted by molar-refractivity contribution is 0.411. The Morgan fingerprint density at radius 2 is 2.36 bits per heavy atom. The van der Waals surface area contributed by atoms with Gasteiger partial charge in [-0.3, -0.25) is 0 Å². The highest BCUT2D eigenvalue weighted by Gasteiger charge is 2.02. The van der Waals surface area contributed by atoms with Crippen LogP contribution in [0.4, 0.5) is 5.69 Å². The zero-order chi connectivity index (χ0) is 8.27. The standard InChI is InChI=1S/C8H9INO/c1-10-6-4-3-5-7(11-2)8(6)9/h3-4,10H,1-2H3. The number of nitrogens with one attached hydrogen (secondary N) is 1. The molecule has 1 aromatic rings. The van der Waals surface area contributed by atoms with Crippen molar-refractivity contribution in [2.24, 2.45) is 0 Å². The summed E-state index contributed by atoms with van der Waals surface area (Å²) < 4.78 is 6.15. The number of rotatable bonds is 2. The van der Waals surface area contributed by atoms with Crippen LogP contribution in [-0.4, -0.2) is 14.2 Å².